The van der Waals surface area contributed by atoms with Crippen molar-refractivity contribution in [2.75, 3.05) is 16.4 Å². The van der Waals surface area contributed by atoms with Crippen molar-refractivity contribution in [2.45, 2.75) is 12.1 Å². The molecule has 0 radical (unpaired) electrons. The third-order valence-corrected chi connectivity index (χ3v) is 4.60. The summed E-state index contributed by atoms with van der Waals surface area (Å²) in [7, 11) is 1.85. The zero-order chi connectivity index (χ0) is 19.2. The molecule has 0 saturated heterocycles. The lowest BCUT2D eigenvalue weighted by Gasteiger charge is -2.07. The summed E-state index contributed by atoms with van der Waals surface area (Å²) < 4.78 is 1.83. The Morgan fingerprint density at radius 1 is 1.07 bits per heavy atom. The first-order chi connectivity index (χ1) is 13.0. The van der Waals surface area contributed by atoms with Gasteiger partial charge in [-0.2, -0.15) is 0 Å². The fourth-order valence-electron chi connectivity index (χ4n) is 2.35. The molecule has 0 unspecified atom stereocenters. The number of rotatable bonds is 6. The molecule has 2 amide bonds. The maximum atomic E-state index is 12.2. The smallest absolute Gasteiger partial charge is 0.234 e. The van der Waals surface area contributed by atoms with Crippen molar-refractivity contribution in [3.05, 3.63) is 48.8 Å². The van der Waals surface area contributed by atoms with Crippen LogP contribution in [0.3, 0.4) is 0 Å². The zero-order valence-corrected chi connectivity index (χ0v) is 15.7. The van der Waals surface area contributed by atoms with Gasteiger partial charge in [0.2, 0.25) is 11.8 Å². The summed E-state index contributed by atoms with van der Waals surface area (Å²) in [5.74, 6) is 0.599. The Morgan fingerprint density at radius 3 is 2.41 bits per heavy atom. The lowest BCUT2D eigenvalue weighted by atomic mass is 10.3. The molecule has 1 aromatic carbocycles. The normalized spacial score (nSPS) is 10.4. The topological polar surface area (TPSA) is 102 Å². The number of anilines is 2. The van der Waals surface area contributed by atoms with Gasteiger partial charge in [0.25, 0.3) is 0 Å². The van der Waals surface area contributed by atoms with Crippen LogP contribution in [-0.2, 0) is 16.6 Å². The number of carbonyl (C=O) groups excluding carboxylic acids is 2. The monoisotopic (exact) mass is 382 g/mol. The average Bonchev–Trinajstić information content (AvgIpc) is 3.02. The van der Waals surface area contributed by atoms with E-state index in [1.54, 1.807) is 36.7 Å². The van der Waals surface area contributed by atoms with Crippen LogP contribution in [0.15, 0.2) is 53.9 Å². The van der Waals surface area contributed by atoms with Gasteiger partial charge in [-0.05, 0) is 36.4 Å². The van der Waals surface area contributed by atoms with Gasteiger partial charge >= 0.3 is 0 Å². The van der Waals surface area contributed by atoms with Crippen LogP contribution in [0.25, 0.3) is 11.4 Å². The number of amides is 2. The van der Waals surface area contributed by atoms with E-state index in [4.69, 9.17) is 0 Å². The molecule has 27 heavy (non-hydrogen) atoms. The van der Waals surface area contributed by atoms with Crippen molar-refractivity contribution in [1.29, 1.82) is 0 Å². The maximum Gasteiger partial charge on any atom is 0.234 e. The number of pyridine rings is 1. The molecule has 0 bridgehead atoms. The van der Waals surface area contributed by atoms with Crippen molar-refractivity contribution in [2.24, 2.45) is 7.05 Å². The Bertz CT molecular complexity index is 940. The SMILES string of the molecule is CC(=O)Nc1ccc(NC(=O)CSc2nnc(-c3cccnc3)n2C)cc1. The van der Waals surface area contributed by atoms with Gasteiger partial charge in [-0.3, -0.25) is 14.6 Å². The quantitative estimate of drug-likeness (QED) is 0.635. The van der Waals surface area contributed by atoms with E-state index >= 15 is 0 Å². The minimum absolute atomic E-state index is 0.141. The predicted octanol–water partition coefficient (Wildman–Crippen LogP) is 2.57. The summed E-state index contributed by atoms with van der Waals surface area (Å²) in [6.07, 6.45) is 3.42. The molecular formula is C18H18N6O2S. The molecule has 2 N–H and O–H groups in total. The summed E-state index contributed by atoms with van der Waals surface area (Å²) in [5.41, 5.74) is 2.20. The molecule has 0 saturated carbocycles. The lowest BCUT2D eigenvalue weighted by Crippen LogP contribution is -2.14. The molecular weight excluding hydrogens is 364 g/mol. The minimum atomic E-state index is -0.154. The Morgan fingerprint density at radius 2 is 1.78 bits per heavy atom. The summed E-state index contributed by atoms with van der Waals surface area (Å²) in [4.78, 5) is 27.3. The number of carbonyl (C=O) groups is 2. The van der Waals surface area contributed by atoms with Crippen LogP contribution in [0.1, 0.15) is 6.92 Å². The third kappa shape index (κ3) is 4.91. The van der Waals surface area contributed by atoms with Gasteiger partial charge in [-0.15, -0.1) is 10.2 Å². The van der Waals surface area contributed by atoms with Crippen molar-refractivity contribution in [3.63, 3.8) is 0 Å². The number of aromatic nitrogens is 4. The van der Waals surface area contributed by atoms with Crippen molar-refractivity contribution in [1.82, 2.24) is 19.7 Å². The molecule has 0 spiro atoms. The molecule has 3 rings (SSSR count). The highest BCUT2D eigenvalue weighted by Crippen LogP contribution is 2.22. The van der Waals surface area contributed by atoms with E-state index in [1.807, 2.05) is 23.7 Å². The van der Waals surface area contributed by atoms with E-state index in [1.165, 1.54) is 18.7 Å². The maximum absolute atomic E-state index is 12.2. The van der Waals surface area contributed by atoms with Gasteiger partial charge in [0.1, 0.15) is 0 Å². The second-order valence-electron chi connectivity index (χ2n) is 5.70. The van der Waals surface area contributed by atoms with Gasteiger partial charge in [0.05, 0.1) is 5.75 Å². The fourth-order valence-corrected chi connectivity index (χ4v) is 3.07. The Balaban J connectivity index is 1.57. The first-order valence-electron chi connectivity index (χ1n) is 8.13. The van der Waals surface area contributed by atoms with E-state index in [0.29, 0.717) is 22.4 Å². The highest BCUT2D eigenvalue weighted by molar-refractivity contribution is 7.99. The van der Waals surface area contributed by atoms with Crippen molar-refractivity contribution < 1.29 is 9.59 Å². The molecule has 9 heteroatoms. The standard InChI is InChI=1S/C18H18N6O2S/c1-12(25)20-14-5-7-15(8-6-14)21-16(26)11-27-18-23-22-17(24(18)2)13-4-3-9-19-10-13/h3-10H,11H2,1-2H3,(H,20,25)(H,21,26). The van der Waals surface area contributed by atoms with Crippen LogP contribution < -0.4 is 10.6 Å². The van der Waals surface area contributed by atoms with Crippen molar-refractivity contribution in [3.8, 4) is 11.4 Å². The van der Waals surface area contributed by atoms with E-state index in [-0.39, 0.29) is 17.6 Å². The van der Waals surface area contributed by atoms with E-state index < -0.39 is 0 Å². The molecule has 0 fully saturated rings. The second-order valence-corrected chi connectivity index (χ2v) is 6.64. The van der Waals surface area contributed by atoms with E-state index in [2.05, 4.69) is 25.8 Å². The first-order valence-corrected chi connectivity index (χ1v) is 9.11. The minimum Gasteiger partial charge on any atom is -0.326 e. The third-order valence-electron chi connectivity index (χ3n) is 3.58. The van der Waals surface area contributed by atoms with E-state index in [0.717, 1.165) is 5.56 Å². The molecule has 0 aliphatic rings. The number of hydrogen-bond acceptors (Lipinski definition) is 6. The highest BCUT2D eigenvalue weighted by atomic mass is 32.2. The zero-order valence-electron chi connectivity index (χ0n) is 14.8. The second kappa shape index (κ2) is 8.45. The van der Waals surface area contributed by atoms with Gasteiger partial charge < -0.3 is 15.2 Å². The average molecular weight is 382 g/mol. The Kier molecular flexibility index (Phi) is 5.82. The van der Waals surface area contributed by atoms with Crippen LogP contribution >= 0.6 is 11.8 Å². The highest BCUT2D eigenvalue weighted by Gasteiger charge is 2.13. The fraction of sp³-hybridized carbons (Fsp3) is 0.167. The van der Waals surface area contributed by atoms with Gasteiger partial charge in [0.15, 0.2) is 11.0 Å². The summed E-state index contributed by atoms with van der Waals surface area (Å²) >= 11 is 1.30. The number of hydrogen-bond donors (Lipinski definition) is 2. The molecule has 8 nitrogen and oxygen atoms in total. The van der Waals surface area contributed by atoms with Crippen LogP contribution in [-0.4, -0.2) is 37.3 Å². The number of nitrogens with one attached hydrogen (secondary N) is 2. The molecule has 3 aromatic rings. The summed E-state index contributed by atoms with van der Waals surface area (Å²) in [6, 6.07) is 10.7. The van der Waals surface area contributed by atoms with Crippen LogP contribution in [0.4, 0.5) is 11.4 Å². The first kappa shape index (κ1) is 18.6. The van der Waals surface area contributed by atoms with Crippen LogP contribution in [0.5, 0.6) is 0 Å². The Hall–Kier alpha value is -3.20. The molecule has 138 valence electrons. The summed E-state index contributed by atoms with van der Waals surface area (Å²) in [5, 5.41) is 14.4. The molecule has 0 aliphatic carbocycles. The summed E-state index contributed by atoms with van der Waals surface area (Å²) in [6.45, 7) is 1.44. The van der Waals surface area contributed by atoms with Gasteiger partial charge in [-0.1, -0.05) is 11.8 Å². The van der Waals surface area contributed by atoms with Crippen molar-refractivity contribution >= 4 is 35.0 Å². The Labute approximate surface area is 160 Å². The van der Waals surface area contributed by atoms with Crippen LogP contribution in [0.2, 0.25) is 0 Å². The largest absolute Gasteiger partial charge is 0.326 e. The molecule has 2 heterocycles. The number of nitrogens with zero attached hydrogens (tertiary/aromatic N) is 4. The lowest BCUT2D eigenvalue weighted by molar-refractivity contribution is -0.114. The predicted molar refractivity (Wildman–Crippen MR) is 104 cm³/mol. The number of benzene rings is 1. The molecule has 2 aromatic heterocycles. The van der Waals surface area contributed by atoms with Gasteiger partial charge in [-0.25, -0.2) is 0 Å². The van der Waals surface area contributed by atoms with E-state index in [9.17, 15) is 9.59 Å². The molecule has 0 atom stereocenters. The van der Waals surface area contributed by atoms with Gasteiger partial charge in [0, 0.05) is 43.3 Å². The van der Waals surface area contributed by atoms with Crippen LogP contribution in [0, 0.1) is 0 Å². The number of thioether (sulfide) groups is 1. The molecule has 0 aliphatic heterocycles.